The van der Waals surface area contributed by atoms with E-state index in [0.717, 1.165) is 6.92 Å². The molecule has 0 aromatic heterocycles. The maximum atomic E-state index is 14.6. The van der Waals surface area contributed by atoms with Crippen molar-refractivity contribution in [1.82, 2.24) is 63.8 Å². The third kappa shape index (κ3) is 45.4. The van der Waals surface area contributed by atoms with Crippen molar-refractivity contribution in [2.45, 2.75) is 256 Å². The van der Waals surface area contributed by atoms with Crippen molar-refractivity contribution in [3.8, 4) is 0 Å². The lowest BCUT2D eigenvalue weighted by Crippen LogP contribution is -2.61. The van der Waals surface area contributed by atoms with Gasteiger partial charge in [-0.2, -0.15) is 13.2 Å². The molecule has 0 bridgehead atoms. The van der Waals surface area contributed by atoms with Crippen LogP contribution in [0.5, 0.6) is 0 Å². The first kappa shape index (κ1) is 103. The van der Waals surface area contributed by atoms with E-state index in [4.69, 9.17) is 55.8 Å². The molecular formula is C66H117F3N22O21. The number of unbranched alkanes of at least 4 members (excludes halogenated alkanes) is 2. The van der Waals surface area contributed by atoms with Crippen LogP contribution in [0.15, 0.2) is 9.98 Å². The number of hydrogen-bond donors (Lipinski definition) is 24. The quantitative estimate of drug-likeness (QED) is 0.0153. The summed E-state index contributed by atoms with van der Waals surface area (Å²) in [5, 5.41) is 65.2. The molecule has 13 atom stereocenters. The number of guanidine groups is 2. The lowest BCUT2D eigenvalue weighted by atomic mass is 10.0. The Morgan fingerprint density at radius 3 is 1.02 bits per heavy atom. The molecule has 0 aliphatic carbocycles. The Morgan fingerprint density at radius 1 is 0.357 bits per heavy atom. The zero-order valence-corrected chi connectivity index (χ0v) is 64.5. The maximum Gasteiger partial charge on any atom is 0.490 e. The lowest BCUT2D eigenvalue weighted by Gasteiger charge is -2.28. The van der Waals surface area contributed by atoms with Gasteiger partial charge in [-0.15, -0.1) is 0 Å². The van der Waals surface area contributed by atoms with E-state index in [1.807, 2.05) is 0 Å². The molecule has 0 radical (unpaired) electrons. The monoisotopic (exact) mass is 1610 g/mol. The van der Waals surface area contributed by atoms with Crippen LogP contribution in [0.2, 0.25) is 0 Å². The zero-order chi connectivity index (χ0) is 86.5. The van der Waals surface area contributed by atoms with Gasteiger partial charge in [-0.25, -0.2) is 9.59 Å². The normalized spacial score (nSPS) is 14.6. The Kier molecular flexibility index (Phi) is 49.7. The molecule has 13 amide bonds. The Labute approximate surface area is 645 Å². The van der Waals surface area contributed by atoms with Crippen molar-refractivity contribution in [2.24, 2.45) is 73.6 Å². The highest BCUT2D eigenvalue weighted by Crippen LogP contribution is 2.15. The molecule has 0 fully saturated rings. The number of carbonyl (C=O) groups is 17. The second-order valence-corrected chi connectivity index (χ2v) is 27.4. The number of primary amides is 1. The molecular weight excluding hydrogens is 1490 g/mol. The van der Waals surface area contributed by atoms with Crippen LogP contribution in [0, 0.1) is 17.8 Å². The fraction of sp³-hybridized carbons (Fsp3) is 0.712. The summed E-state index contributed by atoms with van der Waals surface area (Å²) in [7, 11) is 0. The first-order valence-electron chi connectivity index (χ1n) is 36.2. The van der Waals surface area contributed by atoms with Crippen LogP contribution in [-0.4, -0.2) is 244 Å². The highest BCUT2D eigenvalue weighted by molar-refractivity contribution is 6.00. The van der Waals surface area contributed by atoms with E-state index in [1.54, 1.807) is 27.7 Å². The minimum absolute atomic E-state index is 0.0208. The average Bonchev–Trinajstić information content (AvgIpc) is 0.857. The molecule has 32 N–H and O–H groups in total. The first-order valence-corrected chi connectivity index (χ1v) is 36.2. The van der Waals surface area contributed by atoms with Gasteiger partial charge in [0.05, 0.1) is 12.5 Å². The van der Waals surface area contributed by atoms with E-state index in [1.165, 1.54) is 27.7 Å². The fourth-order valence-electron chi connectivity index (χ4n) is 9.99. The van der Waals surface area contributed by atoms with Gasteiger partial charge in [-0.05, 0) is 135 Å². The van der Waals surface area contributed by atoms with Crippen molar-refractivity contribution in [1.29, 1.82) is 0 Å². The number of nitrogens with zero attached hydrogens (tertiary/aromatic N) is 2. The topological polar surface area (TPSA) is 748 Å². The van der Waals surface area contributed by atoms with Crippen LogP contribution in [0.25, 0.3) is 0 Å². The van der Waals surface area contributed by atoms with Crippen LogP contribution in [-0.2, 0) is 81.5 Å². The summed E-state index contributed by atoms with van der Waals surface area (Å²) >= 11 is 0. The number of aliphatic carboxylic acids is 4. The fourth-order valence-corrected chi connectivity index (χ4v) is 9.99. The molecule has 0 heterocycles. The van der Waals surface area contributed by atoms with Gasteiger partial charge in [0.2, 0.25) is 76.8 Å². The minimum Gasteiger partial charge on any atom is -0.481 e. The molecule has 0 unspecified atom stereocenters. The van der Waals surface area contributed by atoms with Gasteiger partial charge in [0.15, 0.2) is 11.9 Å². The molecule has 0 saturated carbocycles. The number of aliphatic imine (C=N–C) groups is 2. The lowest BCUT2D eigenvalue weighted by molar-refractivity contribution is -0.192. The second kappa shape index (κ2) is 53.9. The zero-order valence-electron chi connectivity index (χ0n) is 64.5. The highest BCUT2D eigenvalue weighted by Gasteiger charge is 2.40. The first-order chi connectivity index (χ1) is 52.0. The van der Waals surface area contributed by atoms with Crippen molar-refractivity contribution in [2.75, 3.05) is 26.2 Å². The van der Waals surface area contributed by atoms with E-state index < -0.39 is 223 Å². The summed E-state index contributed by atoms with van der Waals surface area (Å²) in [5.74, 6) is -21.9. The van der Waals surface area contributed by atoms with Crippen molar-refractivity contribution in [3.05, 3.63) is 0 Å². The number of carboxylic acid groups (broad SMARTS) is 4. The van der Waals surface area contributed by atoms with Crippen molar-refractivity contribution >= 4 is 113 Å². The van der Waals surface area contributed by atoms with Crippen LogP contribution in [0.1, 0.15) is 171 Å². The summed E-state index contributed by atoms with van der Waals surface area (Å²) in [6.45, 7) is 14.0. The molecule has 43 nitrogen and oxygen atoms in total. The van der Waals surface area contributed by atoms with Gasteiger partial charge >= 0.3 is 30.1 Å². The third-order valence-corrected chi connectivity index (χ3v) is 16.1. The largest absolute Gasteiger partial charge is 0.490 e. The molecule has 0 aliphatic heterocycles. The molecule has 0 spiro atoms. The Bertz CT molecular complexity index is 3210. The number of carbonyl (C=O) groups excluding carboxylic acids is 13. The molecule has 46 heteroatoms. The number of halogens is 3. The number of nitrogens with two attached hydrogens (primary N) is 8. The van der Waals surface area contributed by atoms with E-state index in [-0.39, 0.29) is 81.8 Å². The third-order valence-electron chi connectivity index (χ3n) is 16.1. The molecule has 0 aromatic carbocycles. The van der Waals surface area contributed by atoms with E-state index in [0.29, 0.717) is 45.2 Å². The molecule has 0 aliphatic rings. The number of nitrogens with one attached hydrogen (secondary N) is 12. The van der Waals surface area contributed by atoms with Crippen LogP contribution in [0.3, 0.4) is 0 Å². The van der Waals surface area contributed by atoms with Crippen LogP contribution in [0.4, 0.5) is 13.2 Å². The second-order valence-electron chi connectivity index (χ2n) is 27.4. The van der Waals surface area contributed by atoms with Gasteiger partial charge in [-0.3, -0.25) is 81.9 Å². The highest BCUT2D eigenvalue weighted by atomic mass is 19.4. The average molecular weight is 1610 g/mol. The summed E-state index contributed by atoms with van der Waals surface area (Å²) < 4.78 is 31.7. The SMILES string of the molecule is CC(C)C[C@H](NC(=O)[C@H](C)NC(=O)[C@H](CC(=O)O)NC(=O)[C@@H](NC(=O)[C@H](C)NC(=O)[C@H](CCC(=O)O)NC(=O)[C@H](CCC(N)=O)NC(=O)[C@H](CCCN=C(N)N)NC(=O)[C@H](CCCN=C(N)N)NC(=O)[C@H](CC(C)C)NC(=O)[C@H](C)NC(=O)[C@H](CCCCN)NC(=O)[C@@H](N)CCCCN)C(C)C)C(=O)O.O=C(O)C(F)(F)F. The van der Waals surface area contributed by atoms with E-state index in [9.17, 15) is 105 Å². The summed E-state index contributed by atoms with van der Waals surface area (Å²) in [4.78, 5) is 231. The number of hydrogen-bond acceptors (Lipinski definition) is 22. The molecule has 0 saturated heterocycles. The minimum atomic E-state index is -5.08. The standard InChI is InChI=1S/C64H116N22O19.C2HF3O2/c1-31(2)28-43(83-50(92)34(7)75-54(96)38(17-11-13-25-66)78-53(95)37(67)16-10-12-24-65)60(102)80-40(19-15-27-74-64(71)72)56(98)79-39(18-14-26-73-63(69)70)57(99)81-41(20-22-46(68)87)58(100)82-42(21-23-47(88)89)55(97)76-36(9)52(94)86-49(33(5)6)61(103)84-44(30-48(90)91)59(101)77-35(8)51(93)85-45(62(104)105)29-32(3)4;3-2(4,5)1(6)7/h31-45,49H,10-30,65-67H2,1-9H3,(H2,68,87)(H,75,96)(H,76,97)(H,77,101)(H,78,95)(H,79,98)(H,80,102)(H,81,99)(H,82,100)(H,83,92)(H,84,103)(H,85,93)(H,86,94)(H,88,89)(H,90,91)(H,104,105)(H4,69,70,73)(H4,71,72,74);(H,6,7)/t34-,35-,36-,37-,38-,39-,40-,41-,42-,43-,44-,45-,49-;/m0./s1. The summed E-state index contributed by atoms with van der Waals surface area (Å²) in [6.07, 6.45) is -6.66. The number of amides is 13. The van der Waals surface area contributed by atoms with Crippen molar-refractivity contribution < 1.29 is 115 Å². The maximum absolute atomic E-state index is 14.6. The molecule has 638 valence electrons. The van der Waals surface area contributed by atoms with Crippen LogP contribution >= 0.6 is 0 Å². The van der Waals surface area contributed by atoms with Gasteiger partial charge in [-0.1, -0.05) is 48.0 Å². The molecule has 112 heavy (non-hydrogen) atoms. The predicted octanol–water partition coefficient (Wildman–Crippen LogP) is -6.37. The molecule has 0 rings (SSSR count). The Morgan fingerprint density at radius 2 is 0.670 bits per heavy atom. The smallest absolute Gasteiger partial charge is 0.481 e. The molecule has 0 aromatic rings. The Balaban J connectivity index is 0. The number of carboxylic acids is 4. The van der Waals surface area contributed by atoms with Gasteiger partial charge in [0.1, 0.15) is 72.5 Å². The predicted molar refractivity (Wildman–Crippen MR) is 396 cm³/mol. The number of alkyl halides is 3. The number of rotatable bonds is 54. The van der Waals surface area contributed by atoms with E-state index >= 15 is 0 Å². The van der Waals surface area contributed by atoms with E-state index in [2.05, 4.69) is 73.8 Å². The summed E-state index contributed by atoms with van der Waals surface area (Å²) in [6, 6.07) is -19.4. The van der Waals surface area contributed by atoms with Gasteiger partial charge in [0.25, 0.3) is 0 Å². The summed E-state index contributed by atoms with van der Waals surface area (Å²) in [5.41, 5.74) is 45.0. The van der Waals surface area contributed by atoms with Gasteiger partial charge in [0, 0.05) is 25.9 Å². The van der Waals surface area contributed by atoms with Crippen LogP contribution < -0.4 is 110 Å². The van der Waals surface area contributed by atoms with Crippen molar-refractivity contribution in [3.63, 3.8) is 0 Å². The van der Waals surface area contributed by atoms with Gasteiger partial charge < -0.3 is 130 Å². The Hall–Kier alpha value is -10.8.